The van der Waals surface area contributed by atoms with Crippen molar-refractivity contribution < 1.29 is 32.5 Å². The molecule has 0 radical (unpaired) electrons. The van der Waals surface area contributed by atoms with Crippen LogP contribution in [-0.4, -0.2) is 27.7 Å². The lowest BCUT2D eigenvalue weighted by Crippen LogP contribution is -2.70. The van der Waals surface area contributed by atoms with Gasteiger partial charge in [0.1, 0.15) is 0 Å². The summed E-state index contributed by atoms with van der Waals surface area (Å²) in [5.41, 5.74) is -2.94. The van der Waals surface area contributed by atoms with Gasteiger partial charge in [-0.2, -0.15) is 0 Å². The Kier molecular flexibility index (Phi) is 9.89. The van der Waals surface area contributed by atoms with Gasteiger partial charge in [0.2, 0.25) is 5.60 Å². The molecule has 2 unspecified atom stereocenters. The SMILES string of the molecule is CC(C)C(O[P+](=O)OCO[P+](=O)O)(C(C)C)C(C(C)C)(C(C)C)[N+](=O)[O-]. The van der Waals surface area contributed by atoms with Gasteiger partial charge in [-0.25, -0.2) is 0 Å². The summed E-state index contributed by atoms with van der Waals surface area (Å²) in [5.74, 6) is -1.57. The molecule has 2 atom stereocenters. The number of rotatable bonds is 12. The Bertz CT molecular complexity index is 506. The van der Waals surface area contributed by atoms with E-state index in [1.54, 1.807) is 55.4 Å². The van der Waals surface area contributed by atoms with E-state index in [1.165, 1.54) is 0 Å². The Morgan fingerprint density at radius 1 is 0.923 bits per heavy atom. The van der Waals surface area contributed by atoms with Crippen LogP contribution in [0.2, 0.25) is 0 Å². The molecule has 152 valence electrons. The van der Waals surface area contributed by atoms with Crippen LogP contribution in [0.4, 0.5) is 0 Å². The molecule has 0 spiro atoms. The quantitative estimate of drug-likeness (QED) is 0.211. The van der Waals surface area contributed by atoms with Crippen molar-refractivity contribution in [3.63, 3.8) is 0 Å². The van der Waals surface area contributed by atoms with E-state index < -0.39 is 46.3 Å². The lowest BCUT2D eigenvalue weighted by atomic mass is 9.58. The minimum atomic E-state index is -2.91. The van der Waals surface area contributed by atoms with Crippen molar-refractivity contribution in [1.29, 1.82) is 0 Å². The predicted octanol–water partition coefficient (Wildman–Crippen LogP) is 4.68. The molecule has 0 saturated carbocycles. The normalized spacial score (nSPS) is 14.5. The van der Waals surface area contributed by atoms with Crippen LogP contribution in [0.25, 0.3) is 0 Å². The second-order valence-electron chi connectivity index (χ2n) is 7.42. The summed E-state index contributed by atoms with van der Waals surface area (Å²) in [6, 6.07) is 0. The lowest BCUT2D eigenvalue weighted by Gasteiger charge is -2.49. The van der Waals surface area contributed by atoms with E-state index in [9.17, 15) is 19.2 Å². The summed E-state index contributed by atoms with van der Waals surface area (Å²) in [4.78, 5) is 20.6. The highest BCUT2D eigenvalue weighted by molar-refractivity contribution is 7.33. The van der Waals surface area contributed by atoms with Crippen LogP contribution >= 0.6 is 16.5 Å². The van der Waals surface area contributed by atoms with Gasteiger partial charge in [-0.3, -0.25) is 10.1 Å². The monoisotopic (exact) mass is 415 g/mol. The summed E-state index contributed by atoms with van der Waals surface area (Å²) >= 11 is 0. The van der Waals surface area contributed by atoms with Gasteiger partial charge >= 0.3 is 16.5 Å². The molecule has 0 aromatic heterocycles. The van der Waals surface area contributed by atoms with Crippen molar-refractivity contribution in [3.8, 4) is 0 Å². The molecule has 11 heteroatoms. The Morgan fingerprint density at radius 2 is 1.35 bits per heavy atom. The molecule has 0 heterocycles. The first-order chi connectivity index (χ1) is 11.8. The van der Waals surface area contributed by atoms with Crippen molar-refractivity contribution in [3.05, 3.63) is 10.1 Å². The zero-order valence-electron chi connectivity index (χ0n) is 16.7. The van der Waals surface area contributed by atoms with Crippen LogP contribution in [-0.2, 0) is 22.7 Å². The van der Waals surface area contributed by atoms with E-state index in [0.29, 0.717) is 0 Å². The average Bonchev–Trinajstić information content (AvgIpc) is 2.44. The van der Waals surface area contributed by atoms with Crippen molar-refractivity contribution in [2.24, 2.45) is 23.7 Å². The highest BCUT2D eigenvalue weighted by Gasteiger charge is 2.72. The topological polar surface area (TPSA) is 125 Å². The third-order valence-electron chi connectivity index (χ3n) is 4.95. The van der Waals surface area contributed by atoms with Gasteiger partial charge in [0.15, 0.2) is 0 Å². The molecule has 0 fully saturated rings. The van der Waals surface area contributed by atoms with Gasteiger partial charge in [-0.15, -0.1) is 9.42 Å². The highest BCUT2D eigenvalue weighted by Crippen LogP contribution is 2.54. The van der Waals surface area contributed by atoms with Gasteiger partial charge in [-0.05, 0) is 11.8 Å². The molecule has 9 nitrogen and oxygen atoms in total. The zero-order valence-corrected chi connectivity index (χ0v) is 18.5. The van der Waals surface area contributed by atoms with Gasteiger partial charge in [0, 0.05) is 25.9 Å². The first-order valence-corrected chi connectivity index (χ1v) is 10.7. The average molecular weight is 415 g/mol. The molecule has 0 rings (SSSR count). The van der Waals surface area contributed by atoms with E-state index in [0.717, 1.165) is 0 Å². The molecule has 0 amide bonds. The third-order valence-corrected chi connectivity index (χ3v) is 6.04. The Hall–Kier alpha value is -0.560. The summed E-state index contributed by atoms with van der Waals surface area (Å²) in [6.45, 7) is 13.4. The summed E-state index contributed by atoms with van der Waals surface area (Å²) in [6.07, 6.45) is 0. The van der Waals surface area contributed by atoms with Crippen LogP contribution in [0.5, 0.6) is 0 Å². The lowest BCUT2D eigenvalue weighted by molar-refractivity contribution is -0.618. The van der Waals surface area contributed by atoms with Crippen LogP contribution < -0.4 is 0 Å². The summed E-state index contributed by atoms with van der Waals surface area (Å²) in [7, 11) is -5.73. The maximum atomic E-state index is 12.4. The Balaban J connectivity index is 6.22. The molecule has 0 aliphatic carbocycles. The molecule has 1 N–H and O–H groups in total. The molecule has 0 aliphatic rings. The summed E-state index contributed by atoms with van der Waals surface area (Å²) < 4.78 is 37.9. The second kappa shape index (κ2) is 10.1. The molecular weight excluding hydrogens is 384 g/mol. The minimum Gasteiger partial charge on any atom is -0.264 e. The standard InChI is InChI=1S/C15H30NO8P2/c1-10(2)14(11(3)4,16(17)18)15(12(5)6,13(7)8)24-26(21)23-9-22-25(19)20/h10-13H,9H2,1-8H3/q+1/p+1. The van der Waals surface area contributed by atoms with Crippen molar-refractivity contribution >= 4 is 16.5 Å². The van der Waals surface area contributed by atoms with Crippen LogP contribution in [0, 0.1) is 33.8 Å². The second-order valence-corrected chi connectivity index (χ2v) is 9.04. The van der Waals surface area contributed by atoms with Crippen molar-refractivity contribution in [2.75, 3.05) is 6.79 Å². The molecular formula is C15H31NO8P2+2. The maximum absolute atomic E-state index is 12.4. The fourth-order valence-electron chi connectivity index (χ4n) is 4.27. The number of hydrogen-bond donors (Lipinski definition) is 1. The Labute approximate surface area is 156 Å². The van der Waals surface area contributed by atoms with E-state index >= 15 is 0 Å². The number of nitrogens with zero attached hydrogens (tertiary/aromatic N) is 1. The Morgan fingerprint density at radius 3 is 1.62 bits per heavy atom. The predicted molar refractivity (Wildman–Crippen MR) is 97.4 cm³/mol. The van der Waals surface area contributed by atoms with Gasteiger partial charge in [0.05, 0.1) is 0 Å². The van der Waals surface area contributed by atoms with Crippen LogP contribution in [0.15, 0.2) is 0 Å². The highest BCUT2D eigenvalue weighted by atomic mass is 31.1. The first-order valence-electron chi connectivity index (χ1n) is 8.51. The number of hydrogen-bond acceptors (Lipinski definition) is 7. The van der Waals surface area contributed by atoms with Crippen molar-refractivity contribution in [1.82, 2.24) is 0 Å². The van der Waals surface area contributed by atoms with E-state index in [-0.39, 0.29) is 16.8 Å². The van der Waals surface area contributed by atoms with Crippen molar-refractivity contribution in [2.45, 2.75) is 66.5 Å². The molecule has 26 heavy (non-hydrogen) atoms. The van der Waals surface area contributed by atoms with Crippen LogP contribution in [0.1, 0.15) is 55.4 Å². The first kappa shape index (κ1) is 25.4. The van der Waals surface area contributed by atoms with Gasteiger partial charge < -0.3 is 0 Å². The fraction of sp³-hybridized carbons (Fsp3) is 1.00. The maximum Gasteiger partial charge on any atom is 0.700 e. The van der Waals surface area contributed by atoms with E-state index in [4.69, 9.17) is 13.9 Å². The number of nitro groups is 1. The van der Waals surface area contributed by atoms with Gasteiger partial charge in [-0.1, -0.05) is 64.4 Å². The third kappa shape index (κ3) is 4.83. The smallest absolute Gasteiger partial charge is 0.264 e. The molecule has 0 aliphatic heterocycles. The molecule has 0 aromatic rings. The zero-order chi connectivity index (χ0) is 20.9. The minimum absolute atomic E-state index is 0.327. The summed E-state index contributed by atoms with van der Waals surface area (Å²) in [5, 5.41) is 12.3. The molecule has 0 saturated heterocycles. The fourth-order valence-corrected chi connectivity index (χ4v) is 5.50. The molecule has 0 aromatic carbocycles. The van der Waals surface area contributed by atoms with E-state index in [2.05, 4.69) is 4.52 Å². The van der Waals surface area contributed by atoms with Crippen LogP contribution in [0.3, 0.4) is 0 Å². The largest absolute Gasteiger partial charge is 0.700 e. The van der Waals surface area contributed by atoms with E-state index in [1.807, 2.05) is 0 Å². The van der Waals surface area contributed by atoms with Gasteiger partial charge in [0.25, 0.3) is 12.3 Å². The molecule has 0 bridgehead atoms.